The molecule has 1 rings (SSSR count). The van der Waals surface area contributed by atoms with E-state index in [0.717, 1.165) is 5.56 Å². The molecule has 1 aromatic carbocycles. The highest BCUT2D eigenvalue weighted by molar-refractivity contribution is 5.92. The van der Waals surface area contributed by atoms with E-state index in [0.29, 0.717) is 12.8 Å². The van der Waals surface area contributed by atoms with Crippen molar-refractivity contribution in [2.75, 3.05) is 0 Å². The number of carboxylic acid groups (broad SMARTS) is 1. The van der Waals surface area contributed by atoms with Gasteiger partial charge in [0.05, 0.1) is 6.04 Å². The van der Waals surface area contributed by atoms with Crippen LogP contribution in [-0.2, 0) is 20.8 Å². The lowest BCUT2D eigenvalue weighted by Gasteiger charge is -2.27. The molecule has 29 heavy (non-hydrogen) atoms. The number of aliphatic carboxylic acids is 1. The highest BCUT2D eigenvalue weighted by Gasteiger charge is 2.31. The minimum absolute atomic E-state index is 0.0896. The number of amides is 2. The summed E-state index contributed by atoms with van der Waals surface area (Å²) in [6.45, 7) is 7.45. The minimum Gasteiger partial charge on any atom is -0.508 e. The lowest BCUT2D eigenvalue weighted by Crippen LogP contribution is -2.57. The summed E-state index contributed by atoms with van der Waals surface area (Å²) in [5.41, 5.74) is 6.77. The summed E-state index contributed by atoms with van der Waals surface area (Å²) in [7, 11) is 0. The lowest BCUT2D eigenvalue weighted by molar-refractivity contribution is -0.143. The van der Waals surface area contributed by atoms with Crippen molar-refractivity contribution in [2.45, 2.75) is 65.1 Å². The molecule has 2 amide bonds. The van der Waals surface area contributed by atoms with Gasteiger partial charge in [-0.1, -0.05) is 46.2 Å². The van der Waals surface area contributed by atoms with Gasteiger partial charge in [-0.25, -0.2) is 4.79 Å². The maximum atomic E-state index is 12.7. The van der Waals surface area contributed by atoms with Gasteiger partial charge in [-0.15, -0.1) is 0 Å². The number of benzene rings is 1. The molecular formula is C21H33N3O5. The summed E-state index contributed by atoms with van der Waals surface area (Å²) >= 11 is 0. The van der Waals surface area contributed by atoms with Gasteiger partial charge in [0.2, 0.25) is 11.8 Å². The maximum Gasteiger partial charge on any atom is 0.326 e. The Morgan fingerprint density at radius 3 is 2.10 bits per heavy atom. The number of carbonyl (C=O) groups excluding carboxylic acids is 2. The molecule has 1 unspecified atom stereocenters. The highest BCUT2D eigenvalue weighted by Crippen LogP contribution is 2.13. The van der Waals surface area contributed by atoms with Crippen LogP contribution in [0.15, 0.2) is 24.3 Å². The second kappa shape index (κ2) is 11.4. The monoisotopic (exact) mass is 407 g/mol. The maximum absolute atomic E-state index is 12.7. The van der Waals surface area contributed by atoms with Gasteiger partial charge in [0.25, 0.3) is 0 Å². The Labute approximate surface area is 171 Å². The van der Waals surface area contributed by atoms with Gasteiger partial charge in [0, 0.05) is 0 Å². The van der Waals surface area contributed by atoms with Gasteiger partial charge in [0.15, 0.2) is 0 Å². The van der Waals surface area contributed by atoms with Gasteiger partial charge >= 0.3 is 5.97 Å². The van der Waals surface area contributed by atoms with Crippen molar-refractivity contribution in [3.8, 4) is 5.75 Å². The quantitative estimate of drug-likeness (QED) is 0.375. The van der Waals surface area contributed by atoms with Crippen molar-refractivity contribution >= 4 is 17.8 Å². The third-order valence-corrected chi connectivity index (χ3v) is 4.84. The van der Waals surface area contributed by atoms with Crippen LogP contribution in [0.4, 0.5) is 0 Å². The number of rotatable bonds is 11. The van der Waals surface area contributed by atoms with Crippen LogP contribution in [0, 0.1) is 11.8 Å². The van der Waals surface area contributed by atoms with Crippen LogP contribution < -0.4 is 16.4 Å². The van der Waals surface area contributed by atoms with Crippen molar-refractivity contribution in [1.82, 2.24) is 10.6 Å². The first-order valence-corrected chi connectivity index (χ1v) is 9.92. The molecule has 8 heteroatoms. The van der Waals surface area contributed by atoms with E-state index in [-0.39, 0.29) is 24.0 Å². The molecule has 0 heterocycles. The number of nitrogens with two attached hydrogens (primary N) is 1. The lowest BCUT2D eigenvalue weighted by atomic mass is 9.96. The predicted octanol–water partition coefficient (Wildman–Crippen LogP) is 1.41. The Bertz CT molecular complexity index is 690. The number of phenolic OH excluding ortho intramolecular Hbond substituents is 1. The molecule has 6 N–H and O–H groups in total. The molecule has 4 atom stereocenters. The van der Waals surface area contributed by atoms with Crippen LogP contribution in [0.25, 0.3) is 0 Å². The van der Waals surface area contributed by atoms with E-state index in [1.165, 1.54) is 12.1 Å². The Morgan fingerprint density at radius 1 is 1.03 bits per heavy atom. The zero-order valence-electron chi connectivity index (χ0n) is 17.5. The SMILES string of the molecule is CCC(C)[C@H](NC(=O)[C@H](N)Cc1ccc(O)cc1)C(=O)N[C@H](CC(C)C)C(=O)O. The highest BCUT2D eigenvalue weighted by atomic mass is 16.4. The van der Waals surface area contributed by atoms with Crippen molar-refractivity contribution in [3.05, 3.63) is 29.8 Å². The second-order valence-corrected chi connectivity index (χ2v) is 7.88. The van der Waals surface area contributed by atoms with Crippen LogP contribution in [0.3, 0.4) is 0 Å². The van der Waals surface area contributed by atoms with Crippen LogP contribution >= 0.6 is 0 Å². The van der Waals surface area contributed by atoms with Gasteiger partial charge in [-0.2, -0.15) is 0 Å². The predicted molar refractivity (Wildman–Crippen MR) is 110 cm³/mol. The third-order valence-electron chi connectivity index (χ3n) is 4.84. The Morgan fingerprint density at radius 2 is 1.62 bits per heavy atom. The zero-order chi connectivity index (χ0) is 22.1. The largest absolute Gasteiger partial charge is 0.508 e. The van der Waals surface area contributed by atoms with Crippen LogP contribution in [0.1, 0.15) is 46.1 Å². The number of nitrogens with one attached hydrogen (secondary N) is 2. The third kappa shape index (κ3) is 8.11. The molecule has 162 valence electrons. The standard InChI is InChI=1S/C21H33N3O5/c1-5-13(4)18(20(27)23-17(21(28)29)10-12(2)3)24-19(26)16(22)11-14-6-8-15(25)9-7-14/h6-9,12-13,16-18,25H,5,10-11,22H2,1-4H3,(H,23,27)(H,24,26)(H,28,29)/t13?,16-,17-,18+/m1/s1. The van der Waals surface area contributed by atoms with Gasteiger partial charge in [-0.05, 0) is 42.4 Å². The van der Waals surface area contributed by atoms with E-state index in [9.17, 15) is 24.6 Å². The average Bonchev–Trinajstić information content (AvgIpc) is 2.65. The average molecular weight is 408 g/mol. The molecule has 0 saturated carbocycles. The first kappa shape index (κ1) is 24.4. The van der Waals surface area contributed by atoms with Gasteiger partial charge < -0.3 is 26.6 Å². The Balaban J connectivity index is 2.83. The molecule has 0 saturated heterocycles. The molecule has 0 aliphatic carbocycles. The van der Waals surface area contributed by atoms with Crippen LogP contribution in [0.5, 0.6) is 5.75 Å². The Kier molecular flexibility index (Phi) is 9.61. The summed E-state index contributed by atoms with van der Waals surface area (Å²) in [4.78, 5) is 36.8. The normalized spacial score (nSPS) is 15.2. The Hall–Kier alpha value is -2.61. The minimum atomic E-state index is -1.11. The molecule has 0 aliphatic rings. The topological polar surface area (TPSA) is 142 Å². The molecule has 8 nitrogen and oxygen atoms in total. The number of hydrogen-bond donors (Lipinski definition) is 5. The number of carbonyl (C=O) groups is 3. The van der Waals surface area contributed by atoms with Crippen molar-refractivity contribution < 1.29 is 24.6 Å². The molecule has 0 aliphatic heterocycles. The van der Waals surface area contributed by atoms with Gasteiger partial charge in [-0.3, -0.25) is 9.59 Å². The second-order valence-electron chi connectivity index (χ2n) is 7.88. The smallest absolute Gasteiger partial charge is 0.326 e. The van der Waals surface area contributed by atoms with Crippen LogP contribution in [0.2, 0.25) is 0 Å². The fourth-order valence-corrected chi connectivity index (χ4v) is 2.90. The van der Waals surface area contributed by atoms with E-state index in [1.54, 1.807) is 12.1 Å². The molecule has 0 fully saturated rings. The van der Waals surface area contributed by atoms with Crippen molar-refractivity contribution in [2.24, 2.45) is 17.6 Å². The summed E-state index contributed by atoms with van der Waals surface area (Å²) in [5, 5.41) is 23.9. The number of hydrogen-bond acceptors (Lipinski definition) is 5. The molecule has 0 bridgehead atoms. The number of phenols is 1. The van der Waals surface area contributed by atoms with E-state index in [2.05, 4.69) is 10.6 Å². The zero-order valence-corrected chi connectivity index (χ0v) is 17.5. The fourth-order valence-electron chi connectivity index (χ4n) is 2.90. The molecule has 0 aromatic heterocycles. The van der Waals surface area contributed by atoms with Crippen molar-refractivity contribution in [1.29, 1.82) is 0 Å². The first-order chi connectivity index (χ1) is 13.5. The number of aromatic hydroxyl groups is 1. The molecule has 0 radical (unpaired) electrons. The van der Waals surface area contributed by atoms with E-state index >= 15 is 0 Å². The van der Waals surface area contributed by atoms with Gasteiger partial charge in [0.1, 0.15) is 17.8 Å². The fraction of sp³-hybridized carbons (Fsp3) is 0.571. The van der Waals surface area contributed by atoms with Crippen molar-refractivity contribution in [3.63, 3.8) is 0 Å². The van der Waals surface area contributed by atoms with E-state index in [1.807, 2.05) is 27.7 Å². The number of carboxylic acids is 1. The molecular weight excluding hydrogens is 374 g/mol. The summed E-state index contributed by atoms with van der Waals surface area (Å²) in [6.07, 6.45) is 1.15. The summed E-state index contributed by atoms with van der Waals surface area (Å²) < 4.78 is 0. The molecule has 1 aromatic rings. The van der Waals surface area contributed by atoms with E-state index in [4.69, 9.17) is 5.73 Å². The molecule has 0 spiro atoms. The first-order valence-electron chi connectivity index (χ1n) is 9.92. The van der Waals surface area contributed by atoms with E-state index < -0.39 is 35.9 Å². The summed E-state index contributed by atoms with van der Waals surface area (Å²) in [5.74, 6) is -2.12. The van der Waals surface area contributed by atoms with Crippen LogP contribution in [-0.4, -0.2) is 46.1 Å². The summed E-state index contributed by atoms with van der Waals surface area (Å²) in [6, 6.07) is 3.58.